The number of nitrogens with zero attached hydrogens (tertiary/aromatic N) is 2. The monoisotopic (exact) mass is 482 g/mol. The van der Waals surface area contributed by atoms with Crippen molar-refractivity contribution in [2.24, 2.45) is 5.10 Å². The molecule has 160 valence electrons. The van der Waals surface area contributed by atoms with Crippen LogP contribution in [0.3, 0.4) is 0 Å². The summed E-state index contributed by atoms with van der Waals surface area (Å²) in [6.07, 6.45) is 3.10. The van der Waals surface area contributed by atoms with E-state index >= 15 is 0 Å². The molecular weight excluding hydrogens is 467 g/mol. The number of hydrogen-bond donors (Lipinski definition) is 2. The molecule has 2 aromatic heterocycles. The summed E-state index contributed by atoms with van der Waals surface area (Å²) in [7, 11) is 0. The van der Waals surface area contributed by atoms with Crippen LogP contribution in [0.25, 0.3) is 10.1 Å². The minimum atomic E-state index is -0.410. The number of aromatic nitrogens is 1. The molecule has 0 radical (unpaired) electrons. The predicted octanol–water partition coefficient (Wildman–Crippen LogP) is 6.01. The third-order valence-electron chi connectivity index (χ3n) is 4.58. The van der Waals surface area contributed by atoms with Crippen LogP contribution in [0.15, 0.2) is 72.1 Å². The van der Waals surface area contributed by atoms with Crippen LogP contribution in [-0.2, 0) is 0 Å². The molecule has 0 saturated carbocycles. The quantitative estimate of drug-likeness (QED) is 0.269. The van der Waals surface area contributed by atoms with Crippen LogP contribution in [-0.4, -0.2) is 22.5 Å². The summed E-state index contributed by atoms with van der Waals surface area (Å²) < 4.78 is 0.824. The maximum Gasteiger partial charge on any atom is 0.283 e. The first-order chi connectivity index (χ1) is 15.4. The van der Waals surface area contributed by atoms with Gasteiger partial charge in [0.1, 0.15) is 4.88 Å². The Morgan fingerprint density at radius 2 is 1.81 bits per heavy atom. The Balaban J connectivity index is 1.48. The fourth-order valence-corrected chi connectivity index (χ4v) is 4.64. The molecule has 0 fully saturated rings. The molecule has 2 aromatic carbocycles. The van der Waals surface area contributed by atoms with Crippen molar-refractivity contribution >= 4 is 67.8 Å². The fraction of sp³-hybridized carbons (Fsp3) is 0.0435. The molecule has 9 heteroatoms. The summed E-state index contributed by atoms with van der Waals surface area (Å²) in [6, 6.07) is 15.8. The number of carbonyl (C=O) groups excluding carboxylic acids is 2. The fourth-order valence-electron chi connectivity index (χ4n) is 2.96. The number of fused-ring (bicyclic) bond motifs is 1. The maximum absolute atomic E-state index is 12.6. The number of hydrazone groups is 1. The molecule has 6 nitrogen and oxygen atoms in total. The molecule has 0 unspecified atom stereocenters. The lowest BCUT2D eigenvalue weighted by Gasteiger charge is -2.08. The predicted molar refractivity (Wildman–Crippen MR) is 130 cm³/mol. The second-order valence-electron chi connectivity index (χ2n) is 6.80. The molecule has 0 atom stereocenters. The van der Waals surface area contributed by atoms with Crippen molar-refractivity contribution < 1.29 is 9.59 Å². The van der Waals surface area contributed by atoms with E-state index in [0.29, 0.717) is 31.9 Å². The highest BCUT2D eigenvalue weighted by Gasteiger charge is 2.17. The average molecular weight is 483 g/mol. The minimum absolute atomic E-state index is 0.266. The van der Waals surface area contributed by atoms with Crippen molar-refractivity contribution in [1.29, 1.82) is 0 Å². The number of hydrogen-bond acceptors (Lipinski definition) is 5. The molecule has 0 aliphatic rings. The lowest BCUT2D eigenvalue weighted by Crippen LogP contribution is -2.18. The van der Waals surface area contributed by atoms with Gasteiger partial charge in [0, 0.05) is 33.2 Å². The van der Waals surface area contributed by atoms with E-state index in [-0.39, 0.29) is 5.91 Å². The molecular formula is C23H16Cl2N4O2S. The highest BCUT2D eigenvalue weighted by atomic mass is 35.5. The number of thiophene rings is 1. The Hall–Kier alpha value is -3.26. The molecule has 0 saturated heterocycles. The van der Waals surface area contributed by atoms with Gasteiger partial charge in [0.2, 0.25) is 0 Å². The highest BCUT2D eigenvalue weighted by molar-refractivity contribution is 7.21. The lowest BCUT2D eigenvalue weighted by atomic mass is 10.1. The number of carbonyl (C=O) groups is 2. The van der Waals surface area contributed by atoms with Crippen LogP contribution in [0, 0.1) is 0 Å². The first-order valence-corrected chi connectivity index (χ1v) is 11.0. The van der Waals surface area contributed by atoms with Gasteiger partial charge in [-0.05, 0) is 48.9 Å². The van der Waals surface area contributed by atoms with Gasteiger partial charge in [-0.1, -0.05) is 41.4 Å². The maximum atomic E-state index is 12.6. The van der Waals surface area contributed by atoms with Gasteiger partial charge in [-0.3, -0.25) is 14.6 Å². The van der Waals surface area contributed by atoms with Gasteiger partial charge in [0.05, 0.1) is 16.3 Å². The topological polar surface area (TPSA) is 83.5 Å². The molecule has 4 aromatic rings. The summed E-state index contributed by atoms with van der Waals surface area (Å²) in [4.78, 5) is 29.3. The van der Waals surface area contributed by atoms with Gasteiger partial charge in [-0.25, -0.2) is 5.43 Å². The SMILES string of the molecule is CC(=NNC(=O)c1sc2cc(Cl)ccc2c1Cl)c1cccc(NC(=O)c2cccnc2)c1. The van der Waals surface area contributed by atoms with Crippen LogP contribution < -0.4 is 10.7 Å². The van der Waals surface area contributed by atoms with E-state index in [1.54, 1.807) is 61.7 Å². The normalized spacial score (nSPS) is 11.4. The zero-order valence-electron chi connectivity index (χ0n) is 16.7. The average Bonchev–Trinajstić information content (AvgIpc) is 3.13. The van der Waals surface area contributed by atoms with E-state index in [1.165, 1.54) is 17.5 Å². The number of nitrogens with one attached hydrogen (secondary N) is 2. The summed E-state index contributed by atoms with van der Waals surface area (Å²) >= 11 is 13.6. The minimum Gasteiger partial charge on any atom is -0.322 e. The summed E-state index contributed by atoms with van der Waals surface area (Å²) in [5.41, 5.74) is 4.91. The molecule has 2 N–H and O–H groups in total. The third kappa shape index (κ3) is 4.80. The highest BCUT2D eigenvalue weighted by Crippen LogP contribution is 2.36. The van der Waals surface area contributed by atoms with Crippen molar-refractivity contribution in [3.05, 3.63) is 93.0 Å². The molecule has 0 spiro atoms. The van der Waals surface area contributed by atoms with E-state index in [1.807, 2.05) is 6.07 Å². The van der Waals surface area contributed by atoms with E-state index in [9.17, 15) is 9.59 Å². The molecule has 0 bridgehead atoms. The third-order valence-corrected chi connectivity index (χ3v) is 6.48. The number of amides is 2. The van der Waals surface area contributed by atoms with Crippen molar-refractivity contribution in [2.45, 2.75) is 6.92 Å². The molecule has 32 heavy (non-hydrogen) atoms. The Bertz CT molecular complexity index is 1350. The van der Waals surface area contributed by atoms with Crippen LogP contribution >= 0.6 is 34.5 Å². The number of benzene rings is 2. The molecule has 0 aliphatic carbocycles. The van der Waals surface area contributed by atoms with E-state index in [4.69, 9.17) is 23.2 Å². The zero-order valence-corrected chi connectivity index (χ0v) is 19.1. The van der Waals surface area contributed by atoms with Crippen LogP contribution in [0.1, 0.15) is 32.5 Å². The van der Waals surface area contributed by atoms with Gasteiger partial charge >= 0.3 is 0 Å². The molecule has 2 heterocycles. The Morgan fingerprint density at radius 1 is 1.00 bits per heavy atom. The second kappa shape index (κ2) is 9.48. The Labute approximate surface area is 197 Å². The largest absolute Gasteiger partial charge is 0.322 e. The first kappa shape index (κ1) is 22.0. The Kier molecular flexibility index (Phi) is 6.50. The van der Waals surface area contributed by atoms with Crippen LogP contribution in [0.4, 0.5) is 5.69 Å². The van der Waals surface area contributed by atoms with E-state index in [2.05, 4.69) is 20.8 Å². The van der Waals surface area contributed by atoms with Crippen LogP contribution in [0.2, 0.25) is 10.0 Å². The smallest absolute Gasteiger partial charge is 0.283 e. The van der Waals surface area contributed by atoms with Crippen LogP contribution in [0.5, 0.6) is 0 Å². The van der Waals surface area contributed by atoms with Gasteiger partial charge in [0.25, 0.3) is 11.8 Å². The second-order valence-corrected chi connectivity index (χ2v) is 8.67. The summed E-state index contributed by atoms with van der Waals surface area (Å²) in [5, 5.41) is 8.73. The molecule has 4 rings (SSSR count). The van der Waals surface area contributed by atoms with Gasteiger partial charge in [-0.2, -0.15) is 5.10 Å². The molecule has 0 aliphatic heterocycles. The number of anilines is 1. The van der Waals surface area contributed by atoms with Crippen molar-refractivity contribution in [2.75, 3.05) is 5.32 Å². The standard InChI is InChI=1S/C23H16Cl2N4O2S/c1-13(14-4-2-6-17(10-14)27-22(30)15-5-3-9-26-12-15)28-29-23(31)21-20(25)18-8-7-16(24)11-19(18)32-21/h2-12H,1H3,(H,27,30)(H,29,31). The Morgan fingerprint density at radius 3 is 2.59 bits per heavy atom. The number of rotatable bonds is 5. The number of halogens is 2. The zero-order chi connectivity index (χ0) is 22.7. The van der Waals surface area contributed by atoms with E-state index in [0.717, 1.165) is 15.6 Å². The summed E-state index contributed by atoms with van der Waals surface area (Å²) in [6.45, 7) is 1.76. The van der Waals surface area contributed by atoms with Crippen molar-refractivity contribution in [1.82, 2.24) is 10.4 Å². The number of pyridine rings is 1. The summed E-state index contributed by atoms with van der Waals surface area (Å²) in [5.74, 6) is -0.676. The van der Waals surface area contributed by atoms with Crippen molar-refractivity contribution in [3.63, 3.8) is 0 Å². The first-order valence-electron chi connectivity index (χ1n) is 9.46. The van der Waals surface area contributed by atoms with Crippen molar-refractivity contribution in [3.8, 4) is 0 Å². The van der Waals surface area contributed by atoms with Gasteiger partial charge in [0.15, 0.2) is 0 Å². The van der Waals surface area contributed by atoms with E-state index < -0.39 is 5.91 Å². The lowest BCUT2D eigenvalue weighted by molar-refractivity contribution is 0.0958. The molecule has 2 amide bonds. The van der Waals surface area contributed by atoms with Gasteiger partial charge in [-0.15, -0.1) is 11.3 Å². The van der Waals surface area contributed by atoms with Gasteiger partial charge < -0.3 is 5.32 Å².